The van der Waals surface area contributed by atoms with Gasteiger partial charge in [-0.3, -0.25) is 19.1 Å². The van der Waals surface area contributed by atoms with Gasteiger partial charge in [-0.25, -0.2) is 9.78 Å². The van der Waals surface area contributed by atoms with Gasteiger partial charge in [-0.05, 0) is 31.2 Å². The molecule has 0 atom stereocenters. The Kier molecular flexibility index (Phi) is 3.39. The van der Waals surface area contributed by atoms with Crippen LogP contribution in [0.15, 0.2) is 15.8 Å². The van der Waals surface area contributed by atoms with Gasteiger partial charge in [0.1, 0.15) is 5.65 Å². The van der Waals surface area contributed by atoms with Crippen molar-refractivity contribution < 1.29 is 4.79 Å². The van der Waals surface area contributed by atoms with E-state index >= 15 is 0 Å². The molecule has 1 fully saturated rings. The SMILES string of the molecule is O=C1CCCc2c1cnc1c2c(=O)[nH]c(=O)n1C1CCCCC1. The maximum atomic E-state index is 12.4. The first-order chi connectivity index (χ1) is 11.2. The highest BCUT2D eigenvalue weighted by molar-refractivity contribution is 6.01. The first-order valence-electron chi connectivity index (χ1n) is 8.36. The highest BCUT2D eigenvalue weighted by Crippen LogP contribution is 2.30. The molecule has 0 aromatic carbocycles. The van der Waals surface area contributed by atoms with Crippen LogP contribution in [0.25, 0.3) is 11.0 Å². The number of aromatic nitrogens is 3. The van der Waals surface area contributed by atoms with Crippen LogP contribution in [0, 0.1) is 0 Å². The molecule has 0 bridgehead atoms. The highest BCUT2D eigenvalue weighted by atomic mass is 16.2. The van der Waals surface area contributed by atoms with E-state index in [2.05, 4.69) is 9.97 Å². The van der Waals surface area contributed by atoms with Crippen LogP contribution in [0.4, 0.5) is 0 Å². The zero-order valence-electron chi connectivity index (χ0n) is 12.9. The van der Waals surface area contributed by atoms with Crippen molar-refractivity contribution in [3.8, 4) is 0 Å². The van der Waals surface area contributed by atoms with Crippen molar-refractivity contribution >= 4 is 16.8 Å². The van der Waals surface area contributed by atoms with Crippen molar-refractivity contribution in [3.05, 3.63) is 38.2 Å². The molecule has 2 heterocycles. The Balaban J connectivity index is 2.03. The van der Waals surface area contributed by atoms with Crippen molar-refractivity contribution in [3.63, 3.8) is 0 Å². The molecule has 120 valence electrons. The van der Waals surface area contributed by atoms with Crippen LogP contribution < -0.4 is 11.2 Å². The number of hydrogen-bond donors (Lipinski definition) is 1. The highest BCUT2D eigenvalue weighted by Gasteiger charge is 2.26. The fraction of sp³-hybridized carbons (Fsp3) is 0.529. The van der Waals surface area contributed by atoms with Gasteiger partial charge in [0.15, 0.2) is 5.78 Å². The first kappa shape index (κ1) is 14.4. The summed E-state index contributed by atoms with van der Waals surface area (Å²) in [6.07, 6.45) is 8.69. The molecule has 0 aliphatic heterocycles. The van der Waals surface area contributed by atoms with Crippen LogP contribution in [-0.4, -0.2) is 20.3 Å². The third-order valence-electron chi connectivity index (χ3n) is 5.13. The predicted molar refractivity (Wildman–Crippen MR) is 86.0 cm³/mol. The first-order valence-corrected chi connectivity index (χ1v) is 8.36. The van der Waals surface area contributed by atoms with Gasteiger partial charge in [0.2, 0.25) is 0 Å². The second-order valence-electron chi connectivity index (χ2n) is 6.55. The number of rotatable bonds is 1. The Bertz CT molecular complexity index is 904. The molecule has 2 aromatic heterocycles. The van der Waals surface area contributed by atoms with Crippen molar-refractivity contribution in [2.24, 2.45) is 0 Å². The summed E-state index contributed by atoms with van der Waals surface area (Å²) < 4.78 is 1.65. The van der Waals surface area contributed by atoms with E-state index in [1.165, 1.54) is 6.42 Å². The number of hydrogen-bond acceptors (Lipinski definition) is 4. The Morgan fingerprint density at radius 3 is 2.61 bits per heavy atom. The molecule has 0 amide bonds. The minimum atomic E-state index is -0.420. The summed E-state index contributed by atoms with van der Waals surface area (Å²) >= 11 is 0. The third kappa shape index (κ3) is 2.24. The van der Waals surface area contributed by atoms with Crippen LogP contribution in [-0.2, 0) is 6.42 Å². The van der Waals surface area contributed by atoms with E-state index in [4.69, 9.17) is 0 Å². The molecule has 2 aromatic rings. The summed E-state index contributed by atoms with van der Waals surface area (Å²) in [5.74, 6) is 0.0375. The van der Waals surface area contributed by atoms with Gasteiger partial charge in [-0.15, -0.1) is 0 Å². The zero-order valence-corrected chi connectivity index (χ0v) is 12.9. The Morgan fingerprint density at radius 1 is 1.04 bits per heavy atom. The lowest BCUT2D eigenvalue weighted by Gasteiger charge is -2.25. The quantitative estimate of drug-likeness (QED) is 0.874. The number of carbonyl (C=O) groups is 1. The van der Waals surface area contributed by atoms with E-state index in [-0.39, 0.29) is 17.5 Å². The molecular formula is C17H19N3O3. The van der Waals surface area contributed by atoms with Gasteiger partial charge in [-0.2, -0.15) is 0 Å². The molecule has 4 rings (SSSR count). The minimum Gasteiger partial charge on any atom is -0.294 e. The summed E-state index contributed by atoms with van der Waals surface area (Å²) in [6, 6.07) is 0.0837. The Labute approximate surface area is 132 Å². The summed E-state index contributed by atoms with van der Waals surface area (Å²) in [4.78, 5) is 43.7. The average molecular weight is 313 g/mol. The van der Waals surface area contributed by atoms with Crippen LogP contribution >= 0.6 is 0 Å². The second-order valence-corrected chi connectivity index (χ2v) is 6.55. The number of nitrogens with one attached hydrogen (secondary N) is 1. The average Bonchev–Trinajstić information content (AvgIpc) is 2.55. The lowest BCUT2D eigenvalue weighted by atomic mass is 9.90. The zero-order chi connectivity index (χ0) is 16.0. The van der Waals surface area contributed by atoms with Crippen molar-refractivity contribution in [2.75, 3.05) is 0 Å². The van der Waals surface area contributed by atoms with E-state index in [0.29, 0.717) is 29.4 Å². The summed E-state index contributed by atoms with van der Waals surface area (Å²) in [5.41, 5.74) is 0.944. The number of nitrogens with zero attached hydrogens (tertiary/aromatic N) is 2. The number of pyridine rings is 1. The summed E-state index contributed by atoms with van der Waals surface area (Å²) in [6.45, 7) is 0. The van der Waals surface area contributed by atoms with Crippen molar-refractivity contribution in [1.29, 1.82) is 0 Å². The maximum Gasteiger partial charge on any atom is 0.330 e. The van der Waals surface area contributed by atoms with Crippen molar-refractivity contribution in [1.82, 2.24) is 14.5 Å². The molecule has 1 N–H and O–H groups in total. The normalized spacial score (nSPS) is 19.0. The van der Waals surface area contributed by atoms with E-state index in [0.717, 1.165) is 37.7 Å². The van der Waals surface area contributed by atoms with Gasteiger partial charge >= 0.3 is 5.69 Å². The molecule has 2 aliphatic carbocycles. The summed E-state index contributed by atoms with van der Waals surface area (Å²) in [7, 11) is 0. The van der Waals surface area contributed by atoms with Crippen LogP contribution in [0.1, 0.15) is 66.9 Å². The number of ketones is 1. The topological polar surface area (TPSA) is 84.8 Å². The number of aromatic amines is 1. The molecule has 0 radical (unpaired) electrons. The lowest BCUT2D eigenvalue weighted by Crippen LogP contribution is -2.35. The standard InChI is InChI=1S/C17H19N3O3/c21-13-8-4-7-11-12(13)9-18-15-14(11)16(22)19-17(23)20(15)10-5-2-1-3-6-10/h9-10H,1-8H2,(H,19,22,23). The smallest absolute Gasteiger partial charge is 0.294 e. The number of aryl methyl sites for hydroxylation is 1. The maximum absolute atomic E-state index is 12.4. The molecule has 6 heteroatoms. The number of H-pyrrole nitrogens is 1. The van der Waals surface area contributed by atoms with Crippen LogP contribution in [0.5, 0.6) is 0 Å². The predicted octanol–water partition coefficient (Wildman–Crippen LogP) is 2.11. The third-order valence-corrected chi connectivity index (χ3v) is 5.13. The Morgan fingerprint density at radius 2 is 1.83 bits per heavy atom. The van der Waals surface area contributed by atoms with E-state index in [1.807, 2.05) is 0 Å². The lowest BCUT2D eigenvalue weighted by molar-refractivity contribution is 0.0972. The fourth-order valence-electron chi connectivity index (χ4n) is 4.01. The van der Waals surface area contributed by atoms with E-state index in [9.17, 15) is 14.4 Å². The van der Waals surface area contributed by atoms with Gasteiger partial charge in [0.05, 0.1) is 5.39 Å². The van der Waals surface area contributed by atoms with Crippen LogP contribution in [0.3, 0.4) is 0 Å². The number of carbonyl (C=O) groups excluding carboxylic acids is 1. The second kappa shape index (κ2) is 5.44. The van der Waals surface area contributed by atoms with E-state index < -0.39 is 5.56 Å². The van der Waals surface area contributed by atoms with Gasteiger partial charge < -0.3 is 0 Å². The molecule has 0 saturated heterocycles. The number of Topliss-reactive ketones (excluding diaryl/α,β-unsaturated/α-hetero) is 1. The van der Waals surface area contributed by atoms with Gasteiger partial charge in [0, 0.05) is 24.2 Å². The summed E-state index contributed by atoms with van der Waals surface area (Å²) in [5, 5.41) is 0.431. The Hall–Kier alpha value is -2.24. The molecule has 1 saturated carbocycles. The fourth-order valence-corrected chi connectivity index (χ4v) is 4.01. The van der Waals surface area contributed by atoms with Gasteiger partial charge in [-0.1, -0.05) is 19.3 Å². The van der Waals surface area contributed by atoms with Gasteiger partial charge in [0.25, 0.3) is 5.56 Å². The molecule has 23 heavy (non-hydrogen) atoms. The minimum absolute atomic E-state index is 0.0375. The number of fused-ring (bicyclic) bond motifs is 3. The van der Waals surface area contributed by atoms with E-state index in [1.54, 1.807) is 10.8 Å². The van der Waals surface area contributed by atoms with Crippen molar-refractivity contribution in [2.45, 2.75) is 57.4 Å². The largest absolute Gasteiger partial charge is 0.330 e. The van der Waals surface area contributed by atoms with Crippen LogP contribution in [0.2, 0.25) is 0 Å². The molecule has 0 unspecified atom stereocenters. The molecule has 2 aliphatic rings. The molecule has 0 spiro atoms. The molecular weight excluding hydrogens is 294 g/mol. The molecule has 6 nitrogen and oxygen atoms in total. The monoisotopic (exact) mass is 313 g/mol.